The molecule has 8 heteroatoms. The van der Waals surface area contributed by atoms with Crippen molar-refractivity contribution >= 4 is 12.2 Å². The summed E-state index contributed by atoms with van der Waals surface area (Å²) < 4.78 is 21.0. The third kappa shape index (κ3) is 4.62. The summed E-state index contributed by atoms with van der Waals surface area (Å²) in [6.07, 6.45) is 2.46. The van der Waals surface area contributed by atoms with Gasteiger partial charge < -0.3 is 18.8 Å². The summed E-state index contributed by atoms with van der Waals surface area (Å²) in [5.74, 6) is 3.60. The number of ether oxygens (including phenoxy) is 3. The minimum absolute atomic E-state index is 0.333. The van der Waals surface area contributed by atoms with Gasteiger partial charge in [-0.1, -0.05) is 6.92 Å². The van der Waals surface area contributed by atoms with Crippen LogP contribution < -0.4 is 14.2 Å². The fourth-order valence-electron chi connectivity index (χ4n) is 3.20. The van der Waals surface area contributed by atoms with E-state index < -0.39 is 0 Å². The van der Waals surface area contributed by atoms with E-state index in [-0.39, 0.29) is 0 Å². The molecule has 0 atom stereocenters. The lowest BCUT2D eigenvalue weighted by atomic mass is 10.00. The Morgan fingerprint density at radius 3 is 2.52 bits per heavy atom. The van der Waals surface area contributed by atoms with Gasteiger partial charge in [-0.2, -0.15) is 5.10 Å². The first-order valence-corrected chi connectivity index (χ1v) is 9.62. The zero-order chi connectivity index (χ0) is 19.4. The maximum atomic E-state index is 5.90. The first-order chi connectivity index (χ1) is 13.0. The third-order valence-electron chi connectivity index (χ3n) is 5.06. The van der Waals surface area contributed by atoms with Gasteiger partial charge in [0.15, 0.2) is 22.1 Å². The van der Waals surface area contributed by atoms with Crippen LogP contribution in [0.15, 0.2) is 18.2 Å². The quantitative estimate of drug-likeness (QED) is 0.675. The molecule has 0 bridgehead atoms. The molecule has 1 aromatic carbocycles. The molecule has 1 aliphatic heterocycles. The molecule has 27 heavy (non-hydrogen) atoms. The average molecular weight is 393 g/mol. The standard InChI is InChI=1S/C19H28N4O3S/c1-14-7-9-22(10-8-14)13-23-19(27)21(2)18(20-23)12-26-15-5-6-16(24-3)17(11-15)25-4/h5-6,11,14H,7-10,12-13H2,1-4H3. The number of rotatable bonds is 7. The summed E-state index contributed by atoms with van der Waals surface area (Å²) in [7, 11) is 5.14. The Morgan fingerprint density at radius 2 is 1.85 bits per heavy atom. The van der Waals surface area contributed by atoms with Crippen molar-refractivity contribution < 1.29 is 14.2 Å². The number of benzene rings is 1. The van der Waals surface area contributed by atoms with Crippen LogP contribution in [0.1, 0.15) is 25.6 Å². The van der Waals surface area contributed by atoms with Crippen molar-refractivity contribution in [3.8, 4) is 17.2 Å². The molecule has 0 spiro atoms. The molecule has 0 aliphatic carbocycles. The maximum Gasteiger partial charge on any atom is 0.198 e. The largest absolute Gasteiger partial charge is 0.493 e. The number of likely N-dealkylation sites (tertiary alicyclic amines) is 1. The Kier molecular flexibility index (Phi) is 6.38. The van der Waals surface area contributed by atoms with E-state index in [4.69, 9.17) is 26.4 Å². The zero-order valence-corrected chi connectivity index (χ0v) is 17.3. The van der Waals surface area contributed by atoms with Crippen molar-refractivity contribution in [3.05, 3.63) is 28.8 Å². The summed E-state index contributed by atoms with van der Waals surface area (Å²) in [6.45, 7) is 5.57. The van der Waals surface area contributed by atoms with Crippen LogP contribution in [-0.4, -0.2) is 46.6 Å². The van der Waals surface area contributed by atoms with E-state index in [1.807, 2.05) is 28.4 Å². The fourth-order valence-corrected chi connectivity index (χ4v) is 3.40. The highest BCUT2D eigenvalue weighted by atomic mass is 32.1. The van der Waals surface area contributed by atoms with Crippen LogP contribution in [0.4, 0.5) is 0 Å². The van der Waals surface area contributed by atoms with Gasteiger partial charge in [0.2, 0.25) is 0 Å². The predicted octanol–water partition coefficient (Wildman–Crippen LogP) is 3.24. The highest BCUT2D eigenvalue weighted by Crippen LogP contribution is 2.31. The van der Waals surface area contributed by atoms with Crippen molar-refractivity contribution in [1.82, 2.24) is 19.2 Å². The van der Waals surface area contributed by atoms with Crippen LogP contribution in [0.5, 0.6) is 17.2 Å². The lowest BCUT2D eigenvalue weighted by Gasteiger charge is -2.29. The molecular weight excluding hydrogens is 364 g/mol. The maximum absolute atomic E-state index is 5.90. The summed E-state index contributed by atoms with van der Waals surface area (Å²) >= 11 is 5.55. The van der Waals surface area contributed by atoms with Crippen molar-refractivity contribution in [2.45, 2.75) is 33.0 Å². The third-order valence-corrected chi connectivity index (χ3v) is 5.55. The molecule has 0 saturated carbocycles. The van der Waals surface area contributed by atoms with E-state index in [9.17, 15) is 0 Å². The van der Waals surface area contributed by atoms with E-state index in [1.165, 1.54) is 12.8 Å². The van der Waals surface area contributed by atoms with Gasteiger partial charge in [0.1, 0.15) is 12.4 Å². The van der Waals surface area contributed by atoms with Crippen molar-refractivity contribution in [2.24, 2.45) is 13.0 Å². The first kappa shape index (κ1) is 19.7. The molecule has 2 heterocycles. The number of piperidine rings is 1. The van der Waals surface area contributed by atoms with E-state index in [0.29, 0.717) is 28.6 Å². The van der Waals surface area contributed by atoms with Crippen molar-refractivity contribution in [1.29, 1.82) is 0 Å². The number of hydrogen-bond acceptors (Lipinski definition) is 6. The molecule has 0 radical (unpaired) electrons. The van der Waals surface area contributed by atoms with Gasteiger partial charge in [-0.05, 0) is 43.1 Å². The summed E-state index contributed by atoms with van der Waals surface area (Å²) in [6, 6.07) is 5.48. The van der Waals surface area contributed by atoms with Gasteiger partial charge in [-0.25, -0.2) is 4.68 Å². The van der Waals surface area contributed by atoms with Crippen LogP contribution in [0.25, 0.3) is 0 Å². The van der Waals surface area contributed by atoms with Crippen LogP contribution in [0, 0.1) is 10.7 Å². The smallest absolute Gasteiger partial charge is 0.198 e. The van der Waals surface area contributed by atoms with E-state index in [0.717, 1.165) is 31.5 Å². The second kappa shape index (κ2) is 8.75. The molecule has 0 amide bonds. The van der Waals surface area contributed by atoms with Gasteiger partial charge in [0.05, 0.1) is 20.9 Å². The first-order valence-electron chi connectivity index (χ1n) is 9.21. The zero-order valence-electron chi connectivity index (χ0n) is 16.5. The number of hydrogen-bond donors (Lipinski definition) is 0. The summed E-state index contributed by atoms with van der Waals surface area (Å²) in [4.78, 5) is 2.40. The summed E-state index contributed by atoms with van der Waals surface area (Å²) in [5, 5.41) is 4.67. The monoisotopic (exact) mass is 392 g/mol. The summed E-state index contributed by atoms with van der Waals surface area (Å²) in [5.41, 5.74) is 0. The molecule has 1 fully saturated rings. The molecule has 0 N–H and O–H groups in total. The number of aromatic nitrogens is 3. The molecule has 1 aliphatic rings. The molecule has 3 rings (SSSR count). The van der Waals surface area contributed by atoms with Crippen LogP contribution in [0.3, 0.4) is 0 Å². The Bertz CT molecular complexity index is 825. The second-order valence-corrected chi connectivity index (χ2v) is 7.37. The lowest BCUT2D eigenvalue weighted by molar-refractivity contribution is 0.145. The molecule has 0 unspecified atom stereocenters. The Balaban J connectivity index is 1.66. The Labute approximate surface area is 165 Å². The van der Waals surface area contributed by atoms with Crippen LogP contribution in [-0.2, 0) is 20.3 Å². The molecule has 7 nitrogen and oxygen atoms in total. The van der Waals surface area contributed by atoms with Crippen molar-refractivity contribution in [2.75, 3.05) is 27.3 Å². The normalized spacial score (nSPS) is 15.7. The van der Waals surface area contributed by atoms with Gasteiger partial charge in [-0.3, -0.25) is 4.90 Å². The molecule has 1 aromatic heterocycles. The minimum atomic E-state index is 0.333. The van der Waals surface area contributed by atoms with Crippen LogP contribution >= 0.6 is 12.2 Å². The molecule has 1 saturated heterocycles. The average Bonchev–Trinajstić information content (AvgIpc) is 2.95. The molecule has 148 valence electrons. The lowest BCUT2D eigenvalue weighted by Crippen LogP contribution is -2.34. The topological polar surface area (TPSA) is 53.7 Å². The fraction of sp³-hybridized carbons (Fsp3) is 0.579. The number of methoxy groups -OCH3 is 2. The Morgan fingerprint density at radius 1 is 1.15 bits per heavy atom. The highest BCUT2D eigenvalue weighted by Gasteiger charge is 2.18. The van der Waals surface area contributed by atoms with E-state index >= 15 is 0 Å². The predicted molar refractivity (Wildman–Crippen MR) is 106 cm³/mol. The van der Waals surface area contributed by atoms with Gasteiger partial charge in [-0.15, -0.1) is 0 Å². The highest BCUT2D eigenvalue weighted by molar-refractivity contribution is 7.71. The van der Waals surface area contributed by atoms with E-state index in [1.54, 1.807) is 20.3 Å². The minimum Gasteiger partial charge on any atom is -0.493 e. The van der Waals surface area contributed by atoms with Crippen LogP contribution in [0.2, 0.25) is 0 Å². The van der Waals surface area contributed by atoms with E-state index in [2.05, 4.69) is 16.9 Å². The molecular formula is C19H28N4O3S. The second-order valence-electron chi connectivity index (χ2n) is 7.00. The number of nitrogens with zero attached hydrogens (tertiary/aromatic N) is 4. The SMILES string of the molecule is COc1ccc(OCc2nn(CN3CCC(C)CC3)c(=S)n2C)cc1OC. The molecule has 2 aromatic rings. The van der Waals surface area contributed by atoms with Gasteiger partial charge >= 0.3 is 0 Å². The van der Waals surface area contributed by atoms with Crippen molar-refractivity contribution in [3.63, 3.8) is 0 Å². The van der Waals surface area contributed by atoms with Gasteiger partial charge in [0.25, 0.3) is 0 Å². The van der Waals surface area contributed by atoms with Gasteiger partial charge in [0, 0.05) is 26.2 Å². The Hall–Kier alpha value is -2.06.